The maximum Gasteiger partial charge on any atom is 0.405 e. The highest BCUT2D eigenvalue weighted by Gasteiger charge is 2.39. The molecule has 0 atom stereocenters. The summed E-state index contributed by atoms with van der Waals surface area (Å²) >= 11 is 0. The smallest absolute Gasteiger partial charge is 0.392 e. The Bertz CT molecular complexity index is 653. The van der Waals surface area contributed by atoms with Crippen LogP contribution in [0.15, 0.2) is 30.3 Å². The van der Waals surface area contributed by atoms with Crippen LogP contribution in [0.25, 0.3) is 10.9 Å². The topological polar surface area (TPSA) is 36.4 Å². The van der Waals surface area contributed by atoms with E-state index in [0.29, 0.717) is 11.1 Å². The number of nitrogens with zero attached hydrogens (tertiary/aromatic N) is 2. The van der Waals surface area contributed by atoms with Crippen molar-refractivity contribution in [3.05, 3.63) is 35.9 Å². The lowest BCUT2D eigenvalue weighted by molar-refractivity contribution is -0.120. The number of alkyl halides is 3. The maximum absolute atomic E-state index is 12.8. The van der Waals surface area contributed by atoms with Gasteiger partial charge in [0.25, 0.3) is 0 Å². The molecule has 0 spiro atoms. The molecule has 3 nitrogen and oxygen atoms in total. The van der Waals surface area contributed by atoms with Crippen LogP contribution in [0.5, 0.6) is 0 Å². The number of anilines is 1. The van der Waals surface area contributed by atoms with E-state index in [9.17, 15) is 18.3 Å². The summed E-state index contributed by atoms with van der Waals surface area (Å²) in [7, 11) is 0. The van der Waals surface area contributed by atoms with Crippen LogP contribution < -0.4 is 4.90 Å². The molecule has 1 heterocycles. The fraction of sp³-hybridized carbons (Fsp3) is 0.400. The molecule has 1 aromatic heterocycles. The van der Waals surface area contributed by atoms with Gasteiger partial charge in [-0.3, -0.25) is 0 Å². The van der Waals surface area contributed by atoms with Gasteiger partial charge in [0.2, 0.25) is 0 Å². The predicted molar refractivity (Wildman–Crippen MR) is 74.1 cm³/mol. The lowest BCUT2D eigenvalue weighted by Gasteiger charge is -2.25. The van der Waals surface area contributed by atoms with Crippen LogP contribution in [0.2, 0.25) is 0 Å². The van der Waals surface area contributed by atoms with E-state index in [1.807, 2.05) is 12.1 Å². The second-order valence-corrected chi connectivity index (χ2v) is 5.29. The molecule has 6 heteroatoms. The average Bonchev–Trinajstić information content (AvgIpc) is 3.27. The maximum atomic E-state index is 12.8. The normalized spacial score (nSPS) is 15.4. The fourth-order valence-corrected chi connectivity index (χ4v) is 2.49. The molecule has 2 aromatic rings. The van der Waals surface area contributed by atoms with Gasteiger partial charge in [-0.05, 0) is 30.5 Å². The summed E-state index contributed by atoms with van der Waals surface area (Å²) in [6, 6.07) is 8.61. The first-order valence-electron chi connectivity index (χ1n) is 6.81. The molecule has 3 rings (SSSR count). The molecule has 1 fully saturated rings. The summed E-state index contributed by atoms with van der Waals surface area (Å²) in [6.45, 7) is -1.23. The van der Waals surface area contributed by atoms with E-state index in [4.69, 9.17) is 0 Å². The van der Waals surface area contributed by atoms with Crippen LogP contribution >= 0.6 is 0 Å². The Morgan fingerprint density at radius 1 is 1.24 bits per heavy atom. The van der Waals surface area contributed by atoms with Crippen LogP contribution in [0.4, 0.5) is 19.0 Å². The second-order valence-electron chi connectivity index (χ2n) is 5.29. The molecule has 112 valence electrons. The third-order valence-electron chi connectivity index (χ3n) is 3.59. The van der Waals surface area contributed by atoms with E-state index < -0.39 is 12.7 Å². The quantitative estimate of drug-likeness (QED) is 0.941. The first-order chi connectivity index (χ1) is 9.98. The molecule has 1 N–H and O–H groups in total. The van der Waals surface area contributed by atoms with E-state index in [1.165, 1.54) is 4.90 Å². The number of fused-ring (bicyclic) bond motifs is 1. The molecule has 1 saturated carbocycles. The van der Waals surface area contributed by atoms with Crippen molar-refractivity contribution in [3.8, 4) is 0 Å². The highest BCUT2D eigenvalue weighted by atomic mass is 19.4. The summed E-state index contributed by atoms with van der Waals surface area (Å²) in [5.41, 5.74) is 1.20. The molecule has 1 aromatic carbocycles. The van der Waals surface area contributed by atoms with Crippen molar-refractivity contribution in [2.24, 2.45) is 0 Å². The number of hydrogen-bond donors (Lipinski definition) is 1. The first-order valence-corrected chi connectivity index (χ1v) is 6.81. The Morgan fingerprint density at radius 3 is 2.57 bits per heavy atom. The Morgan fingerprint density at radius 2 is 1.95 bits per heavy atom. The van der Waals surface area contributed by atoms with Gasteiger partial charge in [-0.2, -0.15) is 13.2 Å². The number of aliphatic hydroxyl groups is 1. The van der Waals surface area contributed by atoms with Gasteiger partial charge in [0.05, 0.1) is 12.1 Å². The molecular weight excluding hydrogens is 281 g/mol. The molecule has 0 saturated heterocycles. The number of rotatable bonds is 4. The van der Waals surface area contributed by atoms with Gasteiger partial charge in [0.1, 0.15) is 12.4 Å². The van der Waals surface area contributed by atoms with Crippen LogP contribution in [-0.4, -0.2) is 28.9 Å². The molecule has 1 aliphatic rings. The molecule has 0 unspecified atom stereocenters. The predicted octanol–water partition coefficient (Wildman–Crippen LogP) is 3.26. The van der Waals surface area contributed by atoms with E-state index in [-0.39, 0.29) is 18.5 Å². The third-order valence-corrected chi connectivity index (χ3v) is 3.59. The van der Waals surface area contributed by atoms with Crippen molar-refractivity contribution < 1.29 is 18.3 Å². The standard InChI is InChI=1S/C15H15F3N2O/c16-15(17,18)9-20(11-5-6-11)14-7-10(8-21)12-3-1-2-4-13(12)19-14/h1-4,7,11,21H,5-6,8-9H2. The number of aromatic nitrogens is 1. The van der Waals surface area contributed by atoms with Gasteiger partial charge < -0.3 is 10.0 Å². The number of hydrogen-bond acceptors (Lipinski definition) is 3. The van der Waals surface area contributed by atoms with Gasteiger partial charge >= 0.3 is 6.18 Å². The largest absolute Gasteiger partial charge is 0.405 e. The summed E-state index contributed by atoms with van der Waals surface area (Å²) in [5.74, 6) is 0.289. The third kappa shape index (κ3) is 3.10. The summed E-state index contributed by atoms with van der Waals surface area (Å²) < 4.78 is 38.3. The number of halogens is 3. The van der Waals surface area contributed by atoms with E-state index >= 15 is 0 Å². The zero-order valence-corrected chi connectivity index (χ0v) is 11.3. The second kappa shape index (κ2) is 5.18. The van der Waals surface area contributed by atoms with Crippen molar-refractivity contribution >= 4 is 16.7 Å². The monoisotopic (exact) mass is 296 g/mol. The molecular formula is C15H15F3N2O. The van der Waals surface area contributed by atoms with Crippen molar-refractivity contribution in [3.63, 3.8) is 0 Å². The van der Waals surface area contributed by atoms with Crippen molar-refractivity contribution in [2.45, 2.75) is 31.7 Å². The zero-order chi connectivity index (χ0) is 15.0. The van der Waals surface area contributed by atoms with Crippen LogP contribution in [0.3, 0.4) is 0 Å². The number of benzene rings is 1. The van der Waals surface area contributed by atoms with Crippen molar-refractivity contribution in [2.75, 3.05) is 11.4 Å². The van der Waals surface area contributed by atoms with Crippen molar-refractivity contribution in [1.29, 1.82) is 0 Å². The van der Waals surface area contributed by atoms with Gasteiger partial charge in [-0.25, -0.2) is 4.98 Å². The van der Waals surface area contributed by atoms with Crippen molar-refractivity contribution in [1.82, 2.24) is 4.98 Å². The minimum Gasteiger partial charge on any atom is -0.392 e. The highest BCUT2D eigenvalue weighted by Crippen LogP contribution is 2.35. The van der Waals surface area contributed by atoms with E-state index in [2.05, 4.69) is 4.98 Å². The minimum absolute atomic E-state index is 0.105. The molecule has 0 radical (unpaired) electrons. The van der Waals surface area contributed by atoms with E-state index in [1.54, 1.807) is 18.2 Å². The van der Waals surface area contributed by atoms with Gasteiger partial charge in [-0.15, -0.1) is 0 Å². The lowest BCUT2D eigenvalue weighted by Crippen LogP contribution is -2.36. The van der Waals surface area contributed by atoms with Gasteiger partial charge in [0, 0.05) is 11.4 Å². The Balaban J connectivity index is 2.05. The molecule has 1 aliphatic carbocycles. The highest BCUT2D eigenvalue weighted by molar-refractivity contribution is 5.84. The SMILES string of the molecule is OCc1cc(N(CC(F)(F)F)C2CC2)nc2ccccc12. The molecule has 0 amide bonds. The van der Waals surface area contributed by atoms with Gasteiger partial charge in [-0.1, -0.05) is 18.2 Å². The summed E-state index contributed by atoms with van der Waals surface area (Å²) in [5, 5.41) is 10.2. The Labute approximate surface area is 120 Å². The van der Waals surface area contributed by atoms with E-state index in [0.717, 1.165) is 18.2 Å². The van der Waals surface area contributed by atoms with Crippen LogP contribution in [-0.2, 0) is 6.61 Å². The Hall–Kier alpha value is -1.82. The van der Waals surface area contributed by atoms with Crippen LogP contribution in [0.1, 0.15) is 18.4 Å². The zero-order valence-electron chi connectivity index (χ0n) is 11.3. The minimum atomic E-state index is -4.27. The Kier molecular flexibility index (Phi) is 3.49. The summed E-state index contributed by atoms with van der Waals surface area (Å²) in [4.78, 5) is 5.64. The van der Waals surface area contributed by atoms with Gasteiger partial charge in [0.15, 0.2) is 0 Å². The molecule has 21 heavy (non-hydrogen) atoms. The number of para-hydroxylation sites is 1. The summed E-state index contributed by atoms with van der Waals surface area (Å²) in [6.07, 6.45) is -2.77. The molecule has 0 bridgehead atoms. The average molecular weight is 296 g/mol. The number of pyridine rings is 1. The fourth-order valence-electron chi connectivity index (χ4n) is 2.49. The number of aliphatic hydroxyl groups excluding tert-OH is 1. The molecule has 0 aliphatic heterocycles. The first kappa shape index (κ1) is 14.1. The van der Waals surface area contributed by atoms with Crippen LogP contribution in [0, 0.1) is 0 Å². The lowest BCUT2D eigenvalue weighted by atomic mass is 10.1.